The fourth-order valence-electron chi connectivity index (χ4n) is 2.08. The van der Waals surface area contributed by atoms with Crippen molar-refractivity contribution in [2.45, 2.75) is 40.2 Å². The zero-order valence-electron chi connectivity index (χ0n) is 15.5. The normalized spacial score (nSPS) is 14.7. The summed E-state index contributed by atoms with van der Waals surface area (Å²) in [5.74, 6) is -1.77. The third-order valence-corrected chi connectivity index (χ3v) is 6.14. The number of hydrogen-bond donors (Lipinski definition) is 2. The summed E-state index contributed by atoms with van der Waals surface area (Å²) in [6.07, 6.45) is 0. The SMILES string of the molecule is CC(C)(C)C(=O)c1sc(N)nc1-c1ccc(P(=O)([O-])NC(C)(C)C(=O)[O-])o1. The van der Waals surface area contributed by atoms with Crippen LogP contribution in [0.2, 0.25) is 0 Å². The highest BCUT2D eigenvalue weighted by Gasteiger charge is 2.31. The van der Waals surface area contributed by atoms with Crippen LogP contribution in [-0.2, 0) is 9.36 Å². The molecule has 0 radical (unpaired) electrons. The predicted octanol–water partition coefficient (Wildman–Crippen LogP) is 0.511. The van der Waals surface area contributed by atoms with Crippen LogP contribution in [-0.4, -0.2) is 22.3 Å². The van der Waals surface area contributed by atoms with E-state index in [9.17, 15) is 24.2 Å². The van der Waals surface area contributed by atoms with Crippen molar-refractivity contribution in [3.63, 3.8) is 0 Å². The van der Waals surface area contributed by atoms with E-state index in [0.717, 1.165) is 31.3 Å². The van der Waals surface area contributed by atoms with Crippen LogP contribution in [0, 0.1) is 5.41 Å². The molecule has 0 aromatic carbocycles. The first-order valence-corrected chi connectivity index (χ1v) is 10.3. The van der Waals surface area contributed by atoms with Gasteiger partial charge in [-0.1, -0.05) is 32.1 Å². The van der Waals surface area contributed by atoms with Crippen molar-refractivity contribution in [1.29, 1.82) is 0 Å². The number of aliphatic carboxylic acids is 1. The maximum absolute atomic E-state index is 12.6. The van der Waals surface area contributed by atoms with Gasteiger partial charge in [-0.15, -0.1) is 0 Å². The molecule has 1 unspecified atom stereocenters. The van der Waals surface area contributed by atoms with Gasteiger partial charge in [0.2, 0.25) is 0 Å². The lowest BCUT2D eigenvalue weighted by atomic mass is 9.89. The molecule has 0 fully saturated rings. The molecule has 9 nitrogen and oxygen atoms in total. The quantitative estimate of drug-likeness (QED) is 0.507. The molecular formula is C16H20N3O6PS-2. The number of nitrogen functional groups attached to an aromatic ring is 1. The minimum Gasteiger partial charge on any atom is -0.782 e. The van der Waals surface area contributed by atoms with Gasteiger partial charge < -0.3 is 29.5 Å². The fourth-order valence-corrected chi connectivity index (χ4v) is 4.49. The molecule has 0 saturated carbocycles. The molecule has 27 heavy (non-hydrogen) atoms. The minimum atomic E-state index is -4.61. The molecule has 0 spiro atoms. The van der Waals surface area contributed by atoms with Crippen LogP contribution >= 0.6 is 18.9 Å². The van der Waals surface area contributed by atoms with Crippen LogP contribution in [0.3, 0.4) is 0 Å². The Morgan fingerprint density at radius 2 is 1.85 bits per heavy atom. The molecule has 1 atom stereocenters. The average molecular weight is 413 g/mol. The predicted molar refractivity (Wildman–Crippen MR) is 97.5 cm³/mol. The number of Topliss-reactive ketones (excluding diaryl/α,β-unsaturated/α-hetero) is 1. The third-order valence-electron chi connectivity index (χ3n) is 3.58. The monoisotopic (exact) mass is 413 g/mol. The van der Waals surface area contributed by atoms with Crippen molar-refractivity contribution in [1.82, 2.24) is 10.1 Å². The van der Waals surface area contributed by atoms with Crippen molar-refractivity contribution < 1.29 is 28.6 Å². The first kappa shape index (κ1) is 21.3. The molecule has 2 aromatic heterocycles. The second-order valence-corrected chi connectivity index (χ2v) is 10.3. The van der Waals surface area contributed by atoms with E-state index in [-0.39, 0.29) is 27.2 Å². The summed E-state index contributed by atoms with van der Waals surface area (Å²) < 4.78 is 17.8. The van der Waals surface area contributed by atoms with E-state index in [2.05, 4.69) is 4.98 Å². The van der Waals surface area contributed by atoms with Crippen LogP contribution in [0.15, 0.2) is 16.5 Å². The number of anilines is 1. The minimum absolute atomic E-state index is 0.0367. The first-order chi connectivity index (χ1) is 12.1. The highest BCUT2D eigenvalue weighted by molar-refractivity contribution is 7.62. The number of furan rings is 1. The van der Waals surface area contributed by atoms with Gasteiger partial charge in [-0.2, -0.15) is 0 Å². The van der Waals surface area contributed by atoms with Crippen molar-refractivity contribution in [3.8, 4) is 11.5 Å². The Bertz CT molecular complexity index is 940. The number of carbonyl (C=O) groups is 2. The van der Waals surface area contributed by atoms with Crippen LogP contribution < -0.4 is 26.3 Å². The highest BCUT2D eigenvalue weighted by atomic mass is 32.1. The molecule has 2 rings (SSSR count). The van der Waals surface area contributed by atoms with Gasteiger partial charge in [0.05, 0.1) is 11.5 Å². The molecule has 11 heteroatoms. The third kappa shape index (κ3) is 4.47. The highest BCUT2D eigenvalue weighted by Crippen LogP contribution is 2.38. The number of nitrogens with one attached hydrogen (secondary N) is 1. The molecule has 0 aliphatic carbocycles. The van der Waals surface area contributed by atoms with Gasteiger partial charge in [0, 0.05) is 5.41 Å². The van der Waals surface area contributed by atoms with Gasteiger partial charge in [-0.25, -0.2) is 4.98 Å². The number of carboxylic acid groups (broad SMARTS) is 1. The fraction of sp³-hybridized carbons (Fsp3) is 0.438. The van der Waals surface area contributed by atoms with Crippen molar-refractivity contribution in [3.05, 3.63) is 17.0 Å². The number of carboxylic acids is 1. The first-order valence-electron chi connectivity index (χ1n) is 7.89. The van der Waals surface area contributed by atoms with Crippen LogP contribution in [0.5, 0.6) is 0 Å². The summed E-state index contributed by atoms with van der Waals surface area (Å²) in [5.41, 5.74) is 2.84. The van der Waals surface area contributed by atoms with Crippen LogP contribution in [0.4, 0.5) is 5.13 Å². The molecule has 2 aromatic rings. The number of carbonyl (C=O) groups excluding carboxylic acids is 2. The van der Waals surface area contributed by atoms with E-state index in [1.165, 1.54) is 6.07 Å². The molecule has 148 valence electrons. The number of nitrogens with zero attached hydrogens (tertiary/aromatic N) is 1. The second kappa shape index (κ2) is 6.87. The second-order valence-electron chi connectivity index (χ2n) is 7.52. The Hall–Kier alpha value is -2.00. The summed E-state index contributed by atoms with van der Waals surface area (Å²) in [5, 5.41) is 13.2. The Kier molecular flexibility index (Phi) is 5.42. The van der Waals surface area contributed by atoms with Gasteiger partial charge in [0.1, 0.15) is 18.1 Å². The van der Waals surface area contributed by atoms with Gasteiger partial charge in [-0.3, -0.25) is 9.88 Å². The number of hydrogen-bond acceptors (Lipinski definition) is 9. The maximum Gasteiger partial charge on any atom is 0.181 e. The van der Waals surface area contributed by atoms with E-state index in [4.69, 9.17) is 10.2 Å². The molecule has 0 bridgehead atoms. The summed E-state index contributed by atoms with van der Waals surface area (Å²) in [4.78, 5) is 40.4. The molecule has 0 aliphatic heterocycles. The van der Waals surface area contributed by atoms with Crippen molar-refractivity contribution >= 4 is 41.2 Å². The summed E-state index contributed by atoms with van der Waals surface area (Å²) in [6, 6.07) is 2.49. The van der Waals surface area contributed by atoms with Crippen LogP contribution in [0.25, 0.3) is 11.5 Å². The van der Waals surface area contributed by atoms with Gasteiger partial charge in [0.25, 0.3) is 0 Å². The van der Waals surface area contributed by atoms with E-state index in [1.54, 1.807) is 20.8 Å². The zero-order valence-corrected chi connectivity index (χ0v) is 17.2. The average Bonchev–Trinajstić information content (AvgIpc) is 3.10. The number of ketones is 1. The lowest BCUT2D eigenvalue weighted by Crippen LogP contribution is -2.54. The van der Waals surface area contributed by atoms with E-state index in [0.29, 0.717) is 0 Å². The summed E-state index contributed by atoms with van der Waals surface area (Å²) in [7, 11) is -4.61. The lowest BCUT2D eigenvalue weighted by molar-refractivity contribution is -0.313. The molecule has 0 saturated heterocycles. The molecule has 0 amide bonds. The number of rotatable bonds is 6. The zero-order chi connectivity index (χ0) is 20.8. The standard InChI is InChI=1S/C16H22N3O6PS/c1-15(2,3)12(20)11-10(18-14(17)27-11)8-6-7-9(25-8)26(23,24)19-16(4,5)13(21)22/h6-7H,1-5H3,(H2,17,18)(H,21,22)(H2,19,23,24)/p-2. The number of thiazole rings is 1. The van der Waals surface area contributed by atoms with E-state index >= 15 is 0 Å². The summed E-state index contributed by atoms with van der Waals surface area (Å²) in [6.45, 7) is 7.51. The Morgan fingerprint density at radius 3 is 2.37 bits per heavy atom. The van der Waals surface area contributed by atoms with Crippen LogP contribution in [0.1, 0.15) is 44.3 Å². The molecule has 2 heterocycles. The van der Waals surface area contributed by atoms with E-state index < -0.39 is 29.9 Å². The largest absolute Gasteiger partial charge is 0.782 e. The maximum atomic E-state index is 12.6. The number of aromatic nitrogens is 1. The van der Waals surface area contributed by atoms with Gasteiger partial charge >= 0.3 is 0 Å². The van der Waals surface area contributed by atoms with Gasteiger partial charge in [0.15, 0.2) is 22.2 Å². The van der Waals surface area contributed by atoms with Crippen molar-refractivity contribution in [2.75, 3.05) is 5.73 Å². The molecule has 0 aliphatic rings. The molecule has 3 N–H and O–H groups in total. The Labute approximate surface area is 160 Å². The van der Waals surface area contributed by atoms with Crippen molar-refractivity contribution in [2.24, 2.45) is 5.41 Å². The Morgan fingerprint density at radius 1 is 1.26 bits per heavy atom. The Balaban J connectivity index is 2.44. The topological polar surface area (TPSA) is 161 Å². The lowest BCUT2D eigenvalue weighted by Gasteiger charge is -2.34. The summed E-state index contributed by atoms with van der Waals surface area (Å²) >= 11 is 0.983. The number of nitrogens with two attached hydrogens (primary N) is 1. The smallest absolute Gasteiger partial charge is 0.181 e. The van der Waals surface area contributed by atoms with Gasteiger partial charge in [-0.05, 0) is 26.0 Å². The van der Waals surface area contributed by atoms with E-state index in [1.807, 2.05) is 5.09 Å². The molecular weight excluding hydrogens is 393 g/mol.